The second-order valence-corrected chi connectivity index (χ2v) is 5.61. The van der Waals surface area contributed by atoms with Crippen molar-refractivity contribution >= 4 is 27.3 Å². The quantitative estimate of drug-likeness (QED) is 0.908. The lowest BCUT2D eigenvalue weighted by atomic mass is 10.1. The van der Waals surface area contributed by atoms with Gasteiger partial charge in [-0.25, -0.2) is 0 Å². The molecule has 0 aliphatic heterocycles. The van der Waals surface area contributed by atoms with Crippen molar-refractivity contribution in [1.29, 1.82) is 0 Å². The van der Waals surface area contributed by atoms with Gasteiger partial charge in [0.1, 0.15) is 5.75 Å². The van der Waals surface area contributed by atoms with E-state index in [9.17, 15) is 0 Å². The number of nitrogens with two attached hydrogens (primary N) is 1. The second-order valence-electron chi connectivity index (χ2n) is 4.76. The number of nitrogens with zero attached hydrogens (tertiary/aromatic N) is 1. The molecule has 20 heavy (non-hydrogen) atoms. The highest BCUT2D eigenvalue weighted by atomic mass is 79.9. The van der Waals surface area contributed by atoms with Crippen molar-refractivity contribution in [3.05, 3.63) is 52.5 Å². The van der Waals surface area contributed by atoms with Crippen LogP contribution < -0.4 is 15.4 Å². The molecule has 3 nitrogen and oxygen atoms in total. The van der Waals surface area contributed by atoms with Crippen LogP contribution in [0.15, 0.2) is 46.9 Å². The van der Waals surface area contributed by atoms with Gasteiger partial charge < -0.3 is 15.4 Å². The van der Waals surface area contributed by atoms with Crippen LogP contribution in [0.25, 0.3) is 0 Å². The van der Waals surface area contributed by atoms with Crippen LogP contribution in [0.3, 0.4) is 0 Å². The van der Waals surface area contributed by atoms with Crippen molar-refractivity contribution in [3.63, 3.8) is 0 Å². The van der Waals surface area contributed by atoms with Crippen LogP contribution in [-0.4, -0.2) is 14.2 Å². The van der Waals surface area contributed by atoms with Crippen LogP contribution in [-0.2, 0) is 0 Å². The van der Waals surface area contributed by atoms with E-state index in [0.717, 1.165) is 27.2 Å². The molecule has 0 unspecified atom stereocenters. The van der Waals surface area contributed by atoms with Gasteiger partial charge in [-0.2, -0.15) is 0 Å². The Kier molecular flexibility index (Phi) is 4.68. The van der Waals surface area contributed by atoms with Crippen LogP contribution in [0.5, 0.6) is 5.75 Å². The Hall–Kier alpha value is -1.52. The van der Waals surface area contributed by atoms with Crippen molar-refractivity contribution in [2.24, 2.45) is 5.73 Å². The molecular weight excluding hydrogens is 316 g/mol. The lowest BCUT2D eigenvalue weighted by molar-refractivity contribution is 0.415. The van der Waals surface area contributed by atoms with Gasteiger partial charge in [0.05, 0.1) is 12.8 Å². The maximum Gasteiger partial charge on any atom is 0.119 e. The molecular formula is C16H19BrN2O. The fourth-order valence-electron chi connectivity index (χ4n) is 2.02. The number of methoxy groups -OCH3 is 1. The standard InChI is InChI=1S/C16H19BrN2O/c1-11(18)12-4-9-16(15(17)10-12)19(2)13-5-7-14(20-3)8-6-13/h4-11H,18H2,1-3H3/t11-/m1/s1. The summed E-state index contributed by atoms with van der Waals surface area (Å²) in [6, 6.07) is 14.2. The zero-order valence-electron chi connectivity index (χ0n) is 11.9. The molecule has 106 valence electrons. The van der Waals surface area contributed by atoms with Gasteiger partial charge in [-0.1, -0.05) is 6.07 Å². The van der Waals surface area contributed by atoms with Crippen LogP contribution in [0.1, 0.15) is 18.5 Å². The van der Waals surface area contributed by atoms with Crippen molar-refractivity contribution in [3.8, 4) is 5.75 Å². The fourth-order valence-corrected chi connectivity index (χ4v) is 2.69. The molecule has 0 fully saturated rings. The molecule has 0 aliphatic rings. The van der Waals surface area contributed by atoms with E-state index in [2.05, 4.69) is 39.0 Å². The SMILES string of the molecule is COc1ccc(N(C)c2ccc([C@@H](C)N)cc2Br)cc1. The molecule has 0 aromatic heterocycles. The molecule has 0 amide bonds. The Morgan fingerprint density at radius 3 is 2.30 bits per heavy atom. The van der Waals surface area contributed by atoms with E-state index in [1.54, 1.807) is 7.11 Å². The second kappa shape index (κ2) is 6.29. The Bertz CT molecular complexity index is 582. The highest BCUT2D eigenvalue weighted by Crippen LogP contribution is 2.33. The average molecular weight is 335 g/mol. The molecule has 0 aliphatic carbocycles. The molecule has 1 atom stereocenters. The van der Waals surface area contributed by atoms with Gasteiger partial charge in [-0.05, 0) is 64.8 Å². The molecule has 0 saturated carbocycles. The highest BCUT2D eigenvalue weighted by molar-refractivity contribution is 9.10. The van der Waals surface area contributed by atoms with Gasteiger partial charge in [-0.3, -0.25) is 0 Å². The minimum atomic E-state index is 0.0339. The number of hydrogen-bond acceptors (Lipinski definition) is 3. The highest BCUT2D eigenvalue weighted by Gasteiger charge is 2.10. The number of ether oxygens (including phenoxy) is 1. The first-order valence-corrected chi connectivity index (χ1v) is 7.25. The number of hydrogen-bond donors (Lipinski definition) is 1. The molecule has 0 spiro atoms. The summed E-state index contributed by atoms with van der Waals surface area (Å²) in [6.45, 7) is 1.98. The first-order chi connectivity index (χ1) is 9.52. The van der Waals surface area contributed by atoms with Gasteiger partial charge in [0.15, 0.2) is 0 Å². The van der Waals surface area contributed by atoms with E-state index >= 15 is 0 Å². The number of benzene rings is 2. The van der Waals surface area contributed by atoms with Gasteiger partial charge >= 0.3 is 0 Å². The summed E-state index contributed by atoms with van der Waals surface area (Å²) in [7, 11) is 3.70. The van der Waals surface area contributed by atoms with Crippen molar-refractivity contribution in [2.45, 2.75) is 13.0 Å². The molecule has 2 rings (SSSR count). The zero-order chi connectivity index (χ0) is 14.7. The van der Waals surface area contributed by atoms with Gasteiger partial charge in [0, 0.05) is 23.2 Å². The lowest BCUT2D eigenvalue weighted by Gasteiger charge is -2.22. The number of rotatable bonds is 4. The topological polar surface area (TPSA) is 38.5 Å². The molecule has 2 aromatic rings. The van der Waals surface area contributed by atoms with E-state index in [1.807, 2.05) is 38.2 Å². The molecule has 0 saturated heterocycles. The molecule has 2 N–H and O–H groups in total. The van der Waals surface area contributed by atoms with Crippen LogP contribution >= 0.6 is 15.9 Å². The first-order valence-electron chi connectivity index (χ1n) is 6.45. The Labute approximate surface area is 128 Å². The minimum absolute atomic E-state index is 0.0339. The van der Waals surface area contributed by atoms with Crippen molar-refractivity contribution in [2.75, 3.05) is 19.1 Å². The monoisotopic (exact) mass is 334 g/mol. The van der Waals surface area contributed by atoms with Gasteiger partial charge in [0.2, 0.25) is 0 Å². The maximum atomic E-state index is 5.90. The van der Waals surface area contributed by atoms with Crippen LogP contribution in [0.4, 0.5) is 11.4 Å². The summed E-state index contributed by atoms with van der Waals surface area (Å²) in [5.74, 6) is 0.855. The van der Waals surface area contributed by atoms with E-state index in [-0.39, 0.29) is 6.04 Å². The Morgan fingerprint density at radius 2 is 1.80 bits per heavy atom. The summed E-state index contributed by atoms with van der Waals surface area (Å²) in [6.07, 6.45) is 0. The minimum Gasteiger partial charge on any atom is -0.497 e. The van der Waals surface area contributed by atoms with Crippen LogP contribution in [0.2, 0.25) is 0 Å². The smallest absolute Gasteiger partial charge is 0.119 e. The third-order valence-electron chi connectivity index (χ3n) is 3.32. The largest absolute Gasteiger partial charge is 0.497 e. The average Bonchev–Trinajstić information content (AvgIpc) is 2.46. The van der Waals surface area contributed by atoms with Crippen molar-refractivity contribution < 1.29 is 4.74 Å². The van der Waals surface area contributed by atoms with E-state index in [0.29, 0.717) is 0 Å². The molecule has 2 aromatic carbocycles. The summed E-state index contributed by atoms with van der Waals surface area (Å²) in [5.41, 5.74) is 9.21. The molecule has 0 radical (unpaired) electrons. The third-order valence-corrected chi connectivity index (χ3v) is 3.95. The van der Waals surface area contributed by atoms with Gasteiger partial charge in [-0.15, -0.1) is 0 Å². The lowest BCUT2D eigenvalue weighted by Crippen LogP contribution is -2.11. The molecule has 0 heterocycles. The number of anilines is 2. The maximum absolute atomic E-state index is 5.90. The summed E-state index contributed by atoms with van der Waals surface area (Å²) < 4.78 is 6.21. The van der Waals surface area contributed by atoms with Gasteiger partial charge in [0.25, 0.3) is 0 Å². The molecule has 0 bridgehead atoms. The Balaban J connectivity index is 2.30. The summed E-state index contributed by atoms with van der Waals surface area (Å²) in [5, 5.41) is 0. The normalized spacial score (nSPS) is 12.1. The first kappa shape index (κ1) is 14.9. The van der Waals surface area contributed by atoms with E-state index < -0.39 is 0 Å². The zero-order valence-corrected chi connectivity index (χ0v) is 13.5. The summed E-state index contributed by atoms with van der Waals surface area (Å²) >= 11 is 3.62. The van der Waals surface area contributed by atoms with E-state index in [1.165, 1.54) is 0 Å². The number of halogens is 1. The van der Waals surface area contributed by atoms with E-state index in [4.69, 9.17) is 10.5 Å². The predicted octanol–water partition coefficient (Wildman–Crippen LogP) is 4.25. The van der Waals surface area contributed by atoms with Crippen molar-refractivity contribution in [1.82, 2.24) is 0 Å². The third kappa shape index (κ3) is 3.14. The summed E-state index contributed by atoms with van der Waals surface area (Å²) in [4.78, 5) is 2.12. The predicted molar refractivity (Wildman–Crippen MR) is 87.8 cm³/mol. The Morgan fingerprint density at radius 1 is 1.15 bits per heavy atom. The fraction of sp³-hybridized carbons (Fsp3) is 0.250. The van der Waals surface area contributed by atoms with Crippen LogP contribution in [0, 0.1) is 0 Å². The molecule has 4 heteroatoms.